The predicted octanol–water partition coefficient (Wildman–Crippen LogP) is 5.80. The molecule has 0 atom stereocenters. The first-order valence-electron chi connectivity index (χ1n) is 10.4. The number of aryl methyl sites for hydroxylation is 1. The smallest absolute Gasteiger partial charge is 0.266 e. The summed E-state index contributed by atoms with van der Waals surface area (Å²) in [5.41, 5.74) is 4.52. The van der Waals surface area contributed by atoms with Crippen LogP contribution in [-0.4, -0.2) is 38.1 Å². The van der Waals surface area contributed by atoms with Crippen molar-refractivity contribution in [3.05, 3.63) is 96.1 Å². The first kappa shape index (κ1) is 22.8. The molecule has 2 aromatic carbocycles. The molecule has 1 saturated heterocycles. The normalized spacial score (nSPS) is 14.7. The van der Waals surface area contributed by atoms with E-state index in [-0.39, 0.29) is 5.91 Å². The first-order chi connectivity index (χ1) is 16.0. The van der Waals surface area contributed by atoms with E-state index >= 15 is 0 Å². The number of aromatic nitrogens is 2. The van der Waals surface area contributed by atoms with Crippen LogP contribution in [0.3, 0.4) is 0 Å². The fourth-order valence-corrected chi connectivity index (χ4v) is 4.76. The molecule has 0 radical (unpaired) electrons. The van der Waals surface area contributed by atoms with Crippen LogP contribution in [0.5, 0.6) is 5.75 Å². The first-order valence-corrected chi connectivity index (χ1v) is 11.6. The number of carbonyl (C=O) groups excluding carboxylic acids is 1. The molecule has 33 heavy (non-hydrogen) atoms. The Morgan fingerprint density at radius 3 is 2.64 bits per heavy atom. The number of para-hydroxylation sites is 1. The molecule has 5 nitrogen and oxygen atoms in total. The maximum Gasteiger partial charge on any atom is 0.266 e. The van der Waals surface area contributed by atoms with Crippen molar-refractivity contribution in [3.8, 4) is 22.7 Å². The molecule has 0 N–H and O–H groups in total. The average Bonchev–Trinajstić information content (AvgIpc) is 3.35. The van der Waals surface area contributed by atoms with Gasteiger partial charge in [0.15, 0.2) is 0 Å². The molecule has 166 valence electrons. The second-order valence-corrected chi connectivity index (χ2v) is 9.05. The Bertz CT molecular complexity index is 1260. The molecule has 1 fully saturated rings. The molecule has 0 aliphatic carbocycles. The van der Waals surface area contributed by atoms with Crippen molar-refractivity contribution in [1.82, 2.24) is 14.7 Å². The Morgan fingerprint density at radius 1 is 1.15 bits per heavy atom. The highest BCUT2D eigenvalue weighted by atomic mass is 32.2. The van der Waals surface area contributed by atoms with Crippen molar-refractivity contribution in [2.75, 3.05) is 13.2 Å². The van der Waals surface area contributed by atoms with Crippen molar-refractivity contribution in [1.29, 1.82) is 0 Å². The maximum absolute atomic E-state index is 12.9. The van der Waals surface area contributed by atoms with E-state index in [0.717, 1.165) is 33.8 Å². The van der Waals surface area contributed by atoms with E-state index in [1.165, 1.54) is 11.8 Å². The number of hydrogen-bond acceptors (Lipinski definition) is 5. The van der Waals surface area contributed by atoms with Gasteiger partial charge in [-0.05, 0) is 48.9 Å². The zero-order valence-electron chi connectivity index (χ0n) is 18.2. The summed E-state index contributed by atoms with van der Waals surface area (Å²) in [5, 5.41) is 4.88. The van der Waals surface area contributed by atoms with Crippen molar-refractivity contribution in [2.24, 2.45) is 0 Å². The van der Waals surface area contributed by atoms with Crippen molar-refractivity contribution < 1.29 is 9.53 Å². The quantitative estimate of drug-likeness (QED) is 0.235. The van der Waals surface area contributed by atoms with E-state index in [9.17, 15) is 4.79 Å². The summed E-state index contributed by atoms with van der Waals surface area (Å²) in [6.07, 6.45) is 7.19. The molecule has 0 saturated carbocycles. The number of ether oxygens (including phenoxy) is 1. The number of amides is 1. The van der Waals surface area contributed by atoms with E-state index in [1.807, 2.05) is 72.4 Å². The fraction of sp³-hybridized carbons (Fsp3) is 0.115. The monoisotopic (exact) mass is 473 g/mol. The second-order valence-electron chi connectivity index (χ2n) is 7.37. The zero-order valence-corrected chi connectivity index (χ0v) is 19.9. The van der Waals surface area contributed by atoms with Crippen LogP contribution in [0, 0.1) is 6.92 Å². The molecule has 4 rings (SSSR count). The van der Waals surface area contributed by atoms with Crippen LogP contribution in [0.4, 0.5) is 0 Å². The van der Waals surface area contributed by atoms with E-state index in [2.05, 4.69) is 13.2 Å². The lowest BCUT2D eigenvalue weighted by Crippen LogP contribution is -2.27. The van der Waals surface area contributed by atoms with Crippen LogP contribution < -0.4 is 4.74 Å². The summed E-state index contributed by atoms with van der Waals surface area (Å²) >= 11 is 6.69. The Kier molecular flexibility index (Phi) is 6.91. The van der Waals surface area contributed by atoms with E-state index in [0.29, 0.717) is 22.4 Å². The molecule has 1 amide bonds. The molecule has 1 aromatic heterocycles. The van der Waals surface area contributed by atoms with E-state index in [1.54, 1.807) is 17.1 Å². The van der Waals surface area contributed by atoms with Crippen molar-refractivity contribution >= 4 is 40.3 Å². The van der Waals surface area contributed by atoms with E-state index < -0.39 is 0 Å². The molecular weight excluding hydrogens is 450 g/mol. The highest BCUT2D eigenvalue weighted by molar-refractivity contribution is 8.26. The topological polar surface area (TPSA) is 47.4 Å². The number of hydrogen-bond donors (Lipinski definition) is 0. The van der Waals surface area contributed by atoms with Gasteiger partial charge in [-0.3, -0.25) is 9.69 Å². The zero-order chi connectivity index (χ0) is 23.4. The van der Waals surface area contributed by atoms with Gasteiger partial charge in [-0.1, -0.05) is 60.9 Å². The highest BCUT2D eigenvalue weighted by Gasteiger charge is 2.31. The summed E-state index contributed by atoms with van der Waals surface area (Å²) in [6.45, 7) is 10.3. The number of rotatable bonds is 8. The SMILES string of the molecule is C=CCOc1ccc(-c2nn(-c3ccccc3)cc2/C=C2\SC(=S)N(CC=C)C2=O)c(C)c1. The van der Waals surface area contributed by atoms with Gasteiger partial charge in [-0.15, -0.1) is 6.58 Å². The molecule has 0 spiro atoms. The summed E-state index contributed by atoms with van der Waals surface area (Å²) in [6, 6.07) is 15.8. The number of thioether (sulfide) groups is 1. The van der Waals surface area contributed by atoms with Gasteiger partial charge in [0.2, 0.25) is 0 Å². The van der Waals surface area contributed by atoms with Gasteiger partial charge in [-0.25, -0.2) is 4.68 Å². The molecule has 1 aliphatic rings. The molecule has 0 bridgehead atoms. The Labute approximate surface area is 203 Å². The minimum absolute atomic E-state index is 0.117. The minimum Gasteiger partial charge on any atom is -0.490 e. The van der Waals surface area contributed by atoms with Crippen LogP contribution >= 0.6 is 24.0 Å². The van der Waals surface area contributed by atoms with Gasteiger partial charge in [-0.2, -0.15) is 5.10 Å². The summed E-state index contributed by atoms with van der Waals surface area (Å²) in [7, 11) is 0. The van der Waals surface area contributed by atoms with Crippen molar-refractivity contribution in [2.45, 2.75) is 6.92 Å². The molecular formula is C26H23N3O2S2. The van der Waals surface area contributed by atoms with Crippen LogP contribution in [0.2, 0.25) is 0 Å². The van der Waals surface area contributed by atoms with Gasteiger partial charge < -0.3 is 4.74 Å². The third-order valence-electron chi connectivity index (χ3n) is 5.06. The Hall–Kier alpha value is -3.42. The summed E-state index contributed by atoms with van der Waals surface area (Å²) < 4.78 is 8.03. The van der Waals surface area contributed by atoms with Gasteiger partial charge in [0.05, 0.1) is 10.6 Å². The largest absolute Gasteiger partial charge is 0.490 e. The molecule has 2 heterocycles. The summed E-state index contributed by atoms with van der Waals surface area (Å²) in [5.74, 6) is 0.652. The van der Waals surface area contributed by atoms with Gasteiger partial charge in [0, 0.05) is 23.9 Å². The standard InChI is InChI=1S/C26H23N3O2S2/c1-4-13-28-25(30)23(33-26(28)32)16-19-17-29(20-9-7-6-8-10-20)27-24(19)22-12-11-21(15-18(22)3)31-14-5-2/h4-12,15-17H,1-2,13-14H2,3H3/b23-16-. The third kappa shape index (κ3) is 4.84. The van der Waals surface area contributed by atoms with Crippen LogP contribution in [0.25, 0.3) is 23.0 Å². The lowest BCUT2D eigenvalue weighted by atomic mass is 10.0. The number of benzene rings is 2. The van der Waals surface area contributed by atoms with Gasteiger partial charge in [0.25, 0.3) is 5.91 Å². The highest BCUT2D eigenvalue weighted by Crippen LogP contribution is 2.36. The lowest BCUT2D eigenvalue weighted by Gasteiger charge is -2.10. The summed E-state index contributed by atoms with van der Waals surface area (Å²) in [4.78, 5) is 15.0. The van der Waals surface area contributed by atoms with Gasteiger partial charge >= 0.3 is 0 Å². The predicted molar refractivity (Wildman–Crippen MR) is 140 cm³/mol. The second kappa shape index (κ2) is 10.0. The third-order valence-corrected chi connectivity index (χ3v) is 6.43. The maximum atomic E-state index is 12.9. The number of thiocarbonyl (C=S) groups is 1. The van der Waals surface area contributed by atoms with Crippen molar-refractivity contribution in [3.63, 3.8) is 0 Å². The van der Waals surface area contributed by atoms with Gasteiger partial charge in [0.1, 0.15) is 22.4 Å². The van der Waals surface area contributed by atoms with Crippen LogP contribution in [0.1, 0.15) is 11.1 Å². The Balaban J connectivity index is 1.79. The molecule has 7 heteroatoms. The van der Waals surface area contributed by atoms with E-state index in [4.69, 9.17) is 22.1 Å². The fourth-order valence-electron chi connectivity index (χ4n) is 3.49. The number of nitrogens with zero attached hydrogens (tertiary/aromatic N) is 3. The molecule has 0 unspecified atom stereocenters. The lowest BCUT2D eigenvalue weighted by molar-refractivity contribution is -0.121. The molecule has 3 aromatic rings. The number of carbonyl (C=O) groups is 1. The average molecular weight is 474 g/mol. The van der Waals surface area contributed by atoms with Crippen LogP contribution in [0.15, 0.2) is 84.9 Å². The Morgan fingerprint density at radius 2 is 1.94 bits per heavy atom. The molecule has 1 aliphatic heterocycles. The van der Waals surface area contributed by atoms with Crippen LogP contribution in [-0.2, 0) is 4.79 Å². The minimum atomic E-state index is -0.117.